The largest absolute Gasteiger partial charge is 0.489 e. The van der Waals surface area contributed by atoms with Gasteiger partial charge in [0.15, 0.2) is 0 Å². The zero-order valence-electron chi connectivity index (χ0n) is 17.0. The highest BCUT2D eigenvalue weighted by Crippen LogP contribution is 2.43. The van der Waals surface area contributed by atoms with E-state index < -0.39 is 5.92 Å². The van der Waals surface area contributed by atoms with Gasteiger partial charge in [-0.2, -0.15) is 5.26 Å². The van der Waals surface area contributed by atoms with E-state index in [2.05, 4.69) is 11.1 Å². The second-order valence-electron chi connectivity index (χ2n) is 7.51. The van der Waals surface area contributed by atoms with E-state index in [0.717, 1.165) is 16.5 Å². The van der Waals surface area contributed by atoms with Crippen LogP contribution in [0.3, 0.4) is 0 Å². The van der Waals surface area contributed by atoms with Crippen LogP contribution in [-0.2, 0) is 6.61 Å². The number of benzene rings is 3. The van der Waals surface area contributed by atoms with Crippen molar-refractivity contribution >= 4 is 10.9 Å². The number of aromatic amines is 1. The molecule has 0 unspecified atom stereocenters. The highest BCUT2D eigenvalue weighted by molar-refractivity contribution is 5.87. The Hall–Kier alpha value is -4.50. The standard InChI is InChI=1S/C26H19N3O3/c27-14-20-22(17-10-12-18(13-11-17)31-15-16-6-2-1-3-7-16)23-24(32-25(20)28)19-8-4-5-9-21(19)29-26(23)30/h1-13,22H,15,28H2,(H,29,30)/t22-/m1/s1. The molecule has 2 heterocycles. The number of nitrogens with zero attached hydrogens (tertiary/aromatic N) is 1. The Morgan fingerprint density at radius 3 is 2.47 bits per heavy atom. The highest BCUT2D eigenvalue weighted by atomic mass is 16.5. The number of allylic oxidation sites excluding steroid dienone is 1. The lowest BCUT2D eigenvalue weighted by molar-refractivity contribution is 0.306. The number of H-pyrrole nitrogens is 1. The topological polar surface area (TPSA) is 101 Å². The summed E-state index contributed by atoms with van der Waals surface area (Å²) in [5.74, 6) is 0.438. The first-order valence-corrected chi connectivity index (χ1v) is 10.1. The van der Waals surface area contributed by atoms with Gasteiger partial charge in [-0.05, 0) is 35.4 Å². The molecule has 0 amide bonds. The summed E-state index contributed by atoms with van der Waals surface area (Å²) in [6.07, 6.45) is 0. The minimum atomic E-state index is -0.639. The van der Waals surface area contributed by atoms with Crippen LogP contribution in [-0.4, -0.2) is 4.98 Å². The molecule has 0 aliphatic carbocycles. The van der Waals surface area contributed by atoms with Crippen LogP contribution in [0.15, 0.2) is 95.1 Å². The fraction of sp³-hybridized carbons (Fsp3) is 0.0769. The molecular formula is C26H19N3O3. The smallest absolute Gasteiger partial charge is 0.256 e. The van der Waals surface area contributed by atoms with E-state index in [1.807, 2.05) is 72.8 Å². The van der Waals surface area contributed by atoms with E-state index in [0.29, 0.717) is 29.2 Å². The number of nitrogens with two attached hydrogens (primary N) is 1. The van der Waals surface area contributed by atoms with Gasteiger partial charge in [0.05, 0.1) is 17.0 Å². The van der Waals surface area contributed by atoms with Crippen LogP contribution >= 0.6 is 0 Å². The molecule has 6 nitrogen and oxygen atoms in total. The monoisotopic (exact) mass is 421 g/mol. The minimum Gasteiger partial charge on any atom is -0.489 e. The van der Waals surface area contributed by atoms with Gasteiger partial charge in [0, 0.05) is 5.39 Å². The van der Waals surface area contributed by atoms with Crippen molar-refractivity contribution in [3.63, 3.8) is 0 Å². The first kappa shape index (κ1) is 19.5. The van der Waals surface area contributed by atoms with Crippen LogP contribution in [0.1, 0.15) is 22.6 Å². The van der Waals surface area contributed by atoms with E-state index in [4.69, 9.17) is 15.2 Å². The van der Waals surface area contributed by atoms with Crippen molar-refractivity contribution in [2.75, 3.05) is 0 Å². The number of hydrogen-bond acceptors (Lipinski definition) is 5. The van der Waals surface area contributed by atoms with Gasteiger partial charge >= 0.3 is 0 Å². The third-order valence-electron chi connectivity index (χ3n) is 5.55. The summed E-state index contributed by atoms with van der Waals surface area (Å²) in [6, 6.07) is 26.7. The average Bonchev–Trinajstić information content (AvgIpc) is 2.83. The Bertz CT molecular complexity index is 1430. The summed E-state index contributed by atoms with van der Waals surface area (Å²) in [6.45, 7) is 0.447. The van der Waals surface area contributed by atoms with Crippen molar-refractivity contribution in [3.05, 3.63) is 117 Å². The average molecular weight is 421 g/mol. The maximum absolute atomic E-state index is 13.0. The molecule has 0 bridgehead atoms. The Morgan fingerprint density at radius 2 is 1.72 bits per heavy atom. The number of nitrogens with one attached hydrogen (secondary N) is 1. The zero-order valence-corrected chi connectivity index (χ0v) is 17.0. The molecule has 4 aromatic rings. The summed E-state index contributed by atoms with van der Waals surface area (Å²) < 4.78 is 11.6. The third kappa shape index (κ3) is 3.36. The van der Waals surface area contributed by atoms with E-state index in [-0.39, 0.29) is 17.0 Å². The minimum absolute atomic E-state index is 0.00478. The van der Waals surface area contributed by atoms with Gasteiger partial charge in [0.2, 0.25) is 5.88 Å². The SMILES string of the molecule is N#CC1=C(N)Oc2c(c(=O)[nH]c3ccccc23)[C@@H]1c1ccc(OCc2ccccc2)cc1. The molecule has 0 spiro atoms. The Kier molecular flexibility index (Phi) is 4.85. The van der Waals surface area contributed by atoms with Crippen molar-refractivity contribution in [1.29, 1.82) is 5.26 Å². The molecule has 0 saturated heterocycles. The summed E-state index contributed by atoms with van der Waals surface area (Å²) in [5.41, 5.74) is 8.84. The fourth-order valence-electron chi connectivity index (χ4n) is 4.00. The van der Waals surface area contributed by atoms with E-state index in [9.17, 15) is 10.1 Å². The molecule has 1 aliphatic heterocycles. The number of pyridine rings is 1. The molecule has 32 heavy (non-hydrogen) atoms. The van der Waals surface area contributed by atoms with Crippen LogP contribution in [0.25, 0.3) is 10.9 Å². The van der Waals surface area contributed by atoms with Crippen LogP contribution in [0.5, 0.6) is 11.5 Å². The van der Waals surface area contributed by atoms with Gasteiger partial charge in [-0.15, -0.1) is 0 Å². The molecule has 0 saturated carbocycles. The van der Waals surface area contributed by atoms with E-state index >= 15 is 0 Å². The van der Waals surface area contributed by atoms with Gasteiger partial charge in [-0.3, -0.25) is 4.79 Å². The summed E-state index contributed by atoms with van der Waals surface area (Å²) in [5, 5.41) is 10.5. The number of ether oxygens (including phenoxy) is 2. The fourth-order valence-corrected chi connectivity index (χ4v) is 4.00. The molecular weight excluding hydrogens is 402 g/mol. The molecule has 3 N–H and O–H groups in total. The summed E-state index contributed by atoms with van der Waals surface area (Å²) >= 11 is 0. The summed E-state index contributed by atoms with van der Waals surface area (Å²) in [7, 11) is 0. The Balaban J connectivity index is 1.55. The highest BCUT2D eigenvalue weighted by Gasteiger charge is 2.34. The molecule has 1 aliphatic rings. The lowest BCUT2D eigenvalue weighted by Crippen LogP contribution is -2.27. The summed E-state index contributed by atoms with van der Waals surface area (Å²) in [4.78, 5) is 15.9. The van der Waals surface area contributed by atoms with Crippen molar-refractivity contribution in [2.24, 2.45) is 5.73 Å². The van der Waals surface area contributed by atoms with Crippen molar-refractivity contribution in [2.45, 2.75) is 12.5 Å². The molecule has 156 valence electrons. The third-order valence-corrected chi connectivity index (χ3v) is 5.55. The lowest BCUT2D eigenvalue weighted by atomic mass is 9.83. The van der Waals surface area contributed by atoms with Gasteiger partial charge in [0.1, 0.15) is 29.7 Å². The number of fused-ring (bicyclic) bond motifs is 3. The predicted octanol–water partition coefficient (Wildman–Crippen LogP) is 4.33. The number of aromatic nitrogens is 1. The molecule has 0 radical (unpaired) electrons. The second kappa shape index (κ2) is 7.97. The van der Waals surface area contributed by atoms with Gasteiger partial charge in [0.25, 0.3) is 5.56 Å². The number of hydrogen-bond donors (Lipinski definition) is 2. The van der Waals surface area contributed by atoms with E-state index in [1.165, 1.54) is 0 Å². The maximum atomic E-state index is 13.0. The first-order valence-electron chi connectivity index (χ1n) is 10.1. The van der Waals surface area contributed by atoms with Crippen LogP contribution in [0, 0.1) is 11.3 Å². The van der Waals surface area contributed by atoms with Gasteiger partial charge in [-0.1, -0.05) is 54.6 Å². The maximum Gasteiger partial charge on any atom is 0.256 e. The number of para-hydroxylation sites is 1. The predicted molar refractivity (Wildman–Crippen MR) is 121 cm³/mol. The molecule has 1 atom stereocenters. The molecule has 6 heteroatoms. The molecule has 0 fully saturated rings. The van der Waals surface area contributed by atoms with Crippen LogP contribution < -0.4 is 20.8 Å². The second-order valence-corrected chi connectivity index (χ2v) is 7.51. The van der Waals surface area contributed by atoms with Crippen LogP contribution in [0.2, 0.25) is 0 Å². The first-order chi connectivity index (χ1) is 15.7. The Morgan fingerprint density at radius 1 is 1.00 bits per heavy atom. The molecule has 1 aromatic heterocycles. The van der Waals surface area contributed by atoms with Crippen molar-refractivity contribution in [1.82, 2.24) is 4.98 Å². The quantitative estimate of drug-likeness (QED) is 0.511. The Labute approximate surface area is 184 Å². The van der Waals surface area contributed by atoms with E-state index in [1.54, 1.807) is 6.07 Å². The van der Waals surface area contributed by atoms with Gasteiger partial charge < -0.3 is 20.2 Å². The number of nitriles is 1. The normalized spacial score (nSPS) is 15.0. The zero-order chi connectivity index (χ0) is 22.1. The number of rotatable bonds is 4. The van der Waals surface area contributed by atoms with Crippen LogP contribution in [0.4, 0.5) is 0 Å². The van der Waals surface area contributed by atoms with Crippen molar-refractivity contribution in [3.8, 4) is 17.6 Å². The van der Waals surface area contributed by atoms with Gasteiger partial charge in [-0.25, -0.2) is 0 Å². The lowest BCUT2D eigenvalue weighted by Gasteiger charge is -2.26. The molecule has 3 aromatic carbocycles. The van der Waals surface area contributed by atoms with Crippen molar-refractivity contribution < 1.29 is 9.47 Å². The molecule has 5 rings (SSSR count).